The lowest BCUT2D eigenvalue weighted by Gasteiger charge is -2.23. The Morgan fingerprint density at radius 2 is 2.20 bits per heavy atom. The number of hydrogen-bond donors (Lipinski definition) is 2. The molecule has 0 aromatic heterocycles. The number of amides is 1. The molecule has 0 fully saturated rings. The normalized spacial score (nSPS) is 13.8. The van der Waals surface area contributed by atoms with Crippen LogP contribution in [0.3, 0.4) is 0 Å². The average Bonchev–Trinajstić information content (AvgIpc) is 2.84. The Balaban J connectivity index is 1.85. The third kappa shape index (κ3) is 3.97. The van der Waals surface area contributed by atoms with Crippen molar-refractivity contribution in [1.29, 1.82) is 0 Å². The second-order valence-corrected chi connectivity index (χ2v) is 6.17. The fourth-order valence-electron chi connectivity index (χ4n) is 2.46. The van der Waals surface area contributed by atoms with Crippen LogP contribution < -0.4 is 15.8 Å². The highest BCUT2D eigenvalue weighted by atomic mass is 16.5. The zero-order valence-corrected chi connectivity index (χ0v) is 12.4. The summed E-state index contributed by atoms with van der Waals surface area (Å²) in [7, 11) is 0. The predicted molar refractivity (Wildman–Crippen MR) is 81.0 cm³/mol. The summed E-state index contributed by atoms with van der Waals surface area (Å²) in [6, 6.07) is 5.83. The number of ether oxygens (including phenoxy) is 1. The van der Waals surface area contributed by atoms with Crippen LogP contribution in [0.1, 0.15) is 38.7 Å². The molecule has 1 aromatic carbocycles. The summed E-state index contributed by atoms with van der Waals surface area (Å²) < 4.78 is 5.45. The zero-order valence-electron chi connectivity index (χ0n) is 12.4. The van der Waals surface area contributed by atoms with Crippen LogP contribution in [0.25, 0.3) is 0 Å². The van der Waals surface area contributed by atoms with E-state index in [9.17, 15) is 4.79 Å². The monoisotopic (exact) mass is 276 g/mol. The van der Waals surface area contributed by atoms with E-state index in [4.69, 9.17) is 10.5 Å². The fourth-order valence-corrected chi connectivity index (χ4v) is 2.46. The summed E-state index contributed by atoms with van der Waals surface area (Å²) >= 11 is 0. The van der Waals surface area contributed by atoms with Crippen LogP contribution in [0.15, 0.2) is 18.2 Å². The topological polar surface area (TPSA) is 64.4 Å². The second-order valence-electron chi connectivity index (χ2n) is 6.17. The van der Waals surface area contributed by atoms with Crippen molar-refractivity contribution >= 4 is 11.6 Å². The fraction of sp³-hybridized carbons (Fsp3) is 0.562. The van der Waals surface area contributed by atoms with Gasteiger partial charge in [-0.15, -0.1) is 0 Å². The average molecular weight is 276 g/mol. The maximum atomic E-state index is 12.0. The Labute approximate surface area is 120 Å². The summed E-state index contributed by atoms with van der Waals surface area (Å²) in [6.45, 7) is 5.71. The molecule has 0 spiro atoms. The van der Waals surface area contributed by atoms with E-state index in [1.807, 2.05) is 18.2 Å². The molecular weight excluding hydrogens is 252 g/mol. The summed E-state index contributed by atoms with van der Waals surface area (Å²) in [4.78, 5) is 12.0. The van der Waals surface area contributed by atoms with E-state index < -0.39 is 0 Å². The number of carbonyl (C=O) groups excluding carboxylic acids is 1. The van der Waals surface area contributed by atoms with Crippen molar-refractivity contribution in [2.24, 2.45) is 11.1 Å². The minimum atomic E-state index is 0.0639. The molecule has 0 saturated heterocycles. The lowest BCUT2D eigenvalue weighted by atomic mass is 9.84. The molecule has 0 bridgehead atoms. The minimum Gasteiger partial charge on any atom is -0.493 e. The first-order valence-electron chi connectivity index (χ1n) is 7.26. The summed E-state index contributed by atoms with van der Waals surface area (Å²) in [5, 5.41) is 2.96. The first kappa shape index (κ1) is 14.9. The van der Waals surface area contributed by atoms with Gasteiger partial charge in [0.2, 0.25) is 5.91 Å². The van der Waals surface area contributed by atoms with E-state index in [0.717, 1.165) is 37.3 Å². The van der Waals surface area contributed by atoms with Gasteiger partial charge in [0.1, 0.15) is 5.75 Å². The van der Waals surface area contributed by atoms with E-state index in [2.05, 4.69) is 19.2 Å². The SMILES string of the molecule is CC(C)(CCN)CCC(=O)Nc1ccc2c(c1)CCO2. The van der Waals surface area contributed by atoms with E-state index in [1.54, 1.807) is 0 Å². The lowest BCUT2D eigenvalue weighted by Crippen LogP contribution is -2.20. The van der Waals surface area contributed by atoms with Gasteiger partial charge in [0.05, 0.1) is 6.61 Å². The van der Waals surface area contributed by atoms with Gasteiger partial charge in [-0.25, -0.2) is 0 Å². The molecule has 1 aliphatic heterocycles. The van der Waals surface area contributed by atoms with Crippen LogP contribution in [0.5, 0.6) is 5.75 Å². The smallest absolute Gasteiger partial charge is 0.224 e. The number of anilines is 1. The molecule has 1 amide bonds. The molecule has 0 saturated carbocycles. The number of benzene rings is 1. The molecule has 4 nitrogen and oxygen atoms in total. The van der Waals surface area contributed by atoms with Gasteiger partial charge in [-0.05, 0) is 48.6 Å². The molecule has 20 heavy (non-hydrogen) atoms. The van der Waals surface area contributed by atoms with Crippen molar-refractivity contribution in [1.82, 2.24) is 0 Å². The Morgan fingerprint density at radius 1 is 1.40 bits per heavy atom. The molecule has 110 valence electrons. The Bertz CT molecular complexity index is 483. The van der Waals surface area contributed by atoms with Gasteiger partial charge >= 0.3 is 0 Å². The molecule has 1 heterocycles. The maximum absolute atomic E-state index is 12.0. The standard InChI is InChI=1S/C16H24N2O2/c1-16(2,8-9-17)7-5-15(19)18-13-3-4-14-12(11-13)6-10-20-14/h3-4,11H,5-10,17H2,1-2H3,(H,18,19). The third-order valence-corrected chi connectivity index (χ3v) is 3.82. The highest BCUT2D eigenvalue weighted by molar-refractivity contribution is 5.90. The Hall–Kier alpha value is -1.55. The first-order valence-corrected chi connectivity index (χ1v) is 7.26. The van der Waals surface area contributed by atoms with Crippen molar-refractivity contribution in [3.63, 3.8) is 0 Å². The van der Waals surface area contributed by atoms with Gasteiger partial charge in [0, 0.05) is 18.5 Å². The predicted octanol–water partition coefficient (Wildman–Crippen LogP) is 2.72. The number of carbonyl (C=O) groups is 1. The van der Waals surface area contributed by atoms with E-state index in [1.165, 1.54) is 5.56 Å². The lowest BCUT2D eigenvalue weighted by molar-refractivity contribution is -0.116. The van der Waals surface area contributed by atoms with Gasteiger partial charge in [0.25, 0.3) is 0 Å². The molecule has 4 heteroatoms. The van der Waals surface area contributed by atoms with Crippen LogP contribution >= 0.6 is 0 Å². The number of nitrogens with two attached hydrogens (primary N) is 1. The molecule has 2 rings (SSSR count). The molecule has 1 aliphatic rings. The van der Waals surface area contributed by atoms with Crippen molar-refractivity contribution in [2.45, 2.75) is 39.5 Å². The van der Waals surface area contributed by atoms with E-state index in [0.29, 0.717) is 13.0 Å². The van der Waals surface area contributed by atoms with Gasteiger partial charge in [-0.2, -0.15) is 0 Å². The molecule has 0 radical (unpaired) electrons. The highest BCUT2D eigenvalue weighted by Gasteiger charge is 2.18. The second kappa shape index (κ2) is 6.27. The minimum absolute atomic E-state index is 0.0639. The summed E-state index contributed by atoms with van der Waals surface area (Å²) in [6.07, 6.45) is 3.24. The van der Waals surface area contributed by atoms with Gasteiger partial charge < -0.3 is 15.8 Å². The highest BCUT2D eigenvalue weighted by Crippen LogP contribution is 2.29. The van der Waals surface area contributed by atoms with Crippen molar-refractivity contribution in [3.05, 3.63) is 23.8 Å². The molecular formula is C16H24N2O2. The largest absolute Gasteiger partial charge is 0.493 e. The van der Waals surface area contributed by atoms with Gasteiger partial charge in [-0.1, -0.05) is 13.8 Å². The van der Waals surface area contributed by atoms with Crippen LogP contribution in [-0.2, 0) is 11.2 Å². The summed E-state index contributed by atoms with van der Waals surface area (Å²) in [5.74, 6) is 1.00. The molecule has 0 aliphatic carbocycles. The van der Waals surface area contributed by atoms with Crippen LogP contribution in [0, 0.1) is 5.41 Å². The number of fused-ring (bicyclic) bond motifs is 1. The van der Waals surface area contributed by atoms with Crippen molar-refractivity contribution in [2.75, 3.05) is 18.5 Å². The first-order chi connectivity index (χ1) is 9.50. The Morgan fingerprint density at radius 3 is 2.95 bits per heavy atom. The van der Waals surface area contributed by atoms with E-state index >= 15 is 0 Å². The Kier molecular flexibility index (Phi) is 4.65. The quantitative estimate of drug-likeness (QED) is 0.839. The van der Waals surface area contributed by atoms with Crippen LogP contribution in [0.4, 0.5) is 5.69 Å². The number of rotatable bonds is 6. The van der Waals surface area contributed by atoms with E-state index in [-0.39, 0.29) is 11.3 Å². The van der Waals surface area contributed by atoms with Crippen molar-refractivity contribution < 1.29 is 9.53 Å². The number of nitrogens with one attached hydrogen (secondary N) is 1. The third-order valence-electron chi connectivity index (χ3n) is 3.82. The number of hydrogen-bond acceptors (Lipinski definition) is 3. The molecule has 1 aromatic rings. The summed E-state index contributed by atoms with van der Waals surface area (Å²) in [5.41, 5.74) is 7.74. The molecule has 0 atom stereocenters. The zero-order chi connectivity index (χ0) is 14.6. The van der Waals surface area contributed by atoms with Crippen LogP contribution in [-0.4, -0.2) is 19.1 Å². The molecule has 3 N–H and O–H groups in total. The van der Waals surface area contributed by atoms with Crippen molar-refractivity contribution in [3.8, 4) is 5.75 Å². The van der Waals surface area contributed by atoms with Gasteiger partial charge in [-0.3, -0.25) is 4.79 Å². The van der Waals surface area contributed by atoms with Gasteiger partial charge in [0.15, 0.2) is 0 Å². The maximum Gasteiger partial charge on any atom is 0.224 e. The van der Waals surface area contributed by atoms with Crippen LogP contribution in [0.2, 0.25) is 0 Å². The molecule has 0 unspecified atom stereocenters.